The van der Waals surface area contributed by atoms with E-state index in [1.54, 1.807) is 0 Å². The molecule has 2 rings (SSSR count). The summed E-state index contributed by atoms with van der Waals surface area (Å²) in [4.78, 5) is 0. The van der Waals surface area contributed by atoms with Crippen molar-refractivity contribution in [1.82, 2.24) is 0 Å². The smallest absolute Gasteiger partial charge is 0.124 e. The van der Waals surface area contributed by atoms with Gasteiger partial charge in [0.1, 0.15) is 5.75 Å². The lowest BCUT2D eigenvalue weighted by molar-refractivity contribution is 0.237. The third kappa shape index (κ3) is 3.17. The second kappa shape index (κ2) is 5.78. The summed E-state index contributed by atoms with van der Waals surface area (Å²) < 4.78 is 5.84. The second-order valence-corrected chi connectivity index (χ2v) is 6.00. The number of thioether (sulfide) groups is 1. The summed E-state index contributed by atoms with van der Waals surface area (Å²) in [5.41, 5.74) is 7.54. The third-order valence-electron chi connectivity index (χ3n) is 3.11. The van der Waals surface area contributed by atoms with Crippen molar-refractivity contribution in [2.45, 2.75) is 32.4 Å². The van der Waals surface area contributed by atoms with E-state index in [9.17, 15) is 0 Å². The van der Waals surface area contributed by atoms with Crippen LogP contribution >= 0.6 is 11.8 Å². The summed E-state index contributed by atoms with van der Waals surface area (Å²) in [5.74, 6) is 3.96. The van der Waals surface area contributed by atoms with Gasteiger partial charge in [0.2, 0.25) is 0 Å². The molecule has 0 amide bonds. The van der Waals surface area contributed by atoms with Crippen molar-refractivity contribution in [2.75, 3.05) is 11.5 Å². The normalized spacial score (nSPS) is 21.8. The van der Waals surface area contributed by atoms with Gasteiger partial charge < -0.3 is 10.5 Å². The van der Waals surface area contributed by atoms with Crippen LogP contribution in [0.1, 0.15) is 31.9 Å². The maximum Gasteiger partial charge on any atom is 0.124 e. The molecule has 3 heteroatoms. The molecular weight excluding hydrogens is 230 g/mol. The molecule has 94 valence electrons. The van der Waals surface area contributed by atoms with Gasteiger partial charge in [-0.25, -0.2) is 0 Å². The first-order valence-electron chi connectivity index (χ1n) is 6.27. The van der Waals surface area contributed by atoms with Gasteiger partial charge in [0, 0.05) is 11.6 Å². The molecule has 1 fully saturated rings. The topological polar surface area (TPSA) is 35.2 Å². The van der Waals surface area contributed by atoms with E-state index in [1.165, 1.54) is 17.9 Å². The molecule has 2 atom stereocenters. The molecule has 2 N–H and O–H groups in total. The standard InChI is InChI=1S/C14H21NOS/c1-10(2)16-13-6-4-3-5-12(13)14(15)11-7-8-17-9-11/h3-6,10-11,14H,7-9,15H2,1-2H3. The Kier molecular flexibility index (Phi) is 4.35. The quantitative estimate of drug-likeness (QED) is 0.892. The van der Waals surface area contributed by atoms with Gasteiger partial charge in [-0.05, 0) is 43.8 Å². The van der Waals surface area contributed by atoms with Gasteiger partial charge in [-0.3, -0.25) is 0 Å². The van der Waals surface area contributed by atoms with Crippen LogP contribution in [0.25, 0.3) is 0 Å². The molecule has 1 aliphatic heterocycles. The zero-order valence-corrected chi connectivity index (χ0v) is 11.4. The van der Waals surface area contributed by atoms with Crippen molar-refractivity contribution >= 4 is 11.8 Å². The van der Waals surface area contributed by atoms with Crippen molar-refractivity contribution in [1.29, 1.82) is 0 Å². The number of ether oxygens (including phenoxy) is 1. The van der Waals surface area contributed by atoms with Crippen LogP contribution in [-0.2, 0) is 0 Å². The molecule has 1 saturated heterocycles. The maximum atomic E-state index is 6.38. The van der Waals surface area contributed by atoms with E-state index in [0.29, 0.717) is 5.92 Å². The van der Waals surface area contributed by atoms with Crippen LogP contribution in [0.5, 0.6) is 5.75 Å². The fraction of sp³-hybridized carbons (Fsp3) is 0.571. The molecule has 0 aliphatic carbocycles. The highest BCUT2D eigenvalue weighted by Crippen LogP contribution is 2.36. The van der Waals surface area contributed by atoms with Crippen LogP contribution in [0.3, 0.4) is 0 Å². The minimum absolute atomic E-state index is 0.111. The molecule has 2 unspecified atom stereocenters. The largest absolute Gasteiger partial charge is 0.491 e. The fourth-order valence-electron chi connectivity index (χ4n) is 2.21. The van der Waals surface area contributed by atoms with Crippen molar-refractivity contribution < 1.29 is 4.74 Å². The average Bonchev–Trinajstić information content (AvgIpc) is 2.81. The lowest BCUT2D eigenvalue weighted by Gasteiger charge is -2.22. The van der Waals surface area contributed by atoms with Gasteiger partial charge in [-0.2, -0.15) is 11.8 Å². The summed E-state index contributed by atoms with van der Waals surface area (Å²) in [6.45, 7) is 4.10. The predicted octanol–water partition coefficient (Wildman–Crippen LogP) is 3.23. The predicted molar refractivity (Wildman–Crippen MR) is 74.6 cm³/mol. The van der Waals surface area contributed by atoms with Crippen LogP contribution in [0.15, 0.2) is 24.3 Å². The lowest BCUT2D eigenvalue weighted by atomic mass is 9.93. The minimum atomic E-state index is 0.111. The molecule has 2 nitrogen and oxygen atoms in total. The van der Waals surface area contributed by atoms with E-state index >= 15 is 0 Å². The minimum Gasteiger partial charge on any atom is -0.491 e. The van der Waals surface area contributed by atoms with Gasteiger partial charge in [0.25, 0.3) is 0 Å². The molecule has 1 aromatic rings. The van der Waals surface area contributed by atoms with Crippen LogP contribution in [0.4, 0.5) is 0 Å². The molecule has 0 aromatic heterocycles. The van der Waals surface area contributed by atoms with Gasteiger partial charge in [0.05, 0.1) is 6.10 Å². The summed E-state index contributed by atoms with van der Waals surface area (Å²) >= 11 is 2.00. The number of para-hydroxylation sites is 1. The lowest BCUT2D eigenvalue weighted by Crippen LogP contribution is -2.22. The molecule has 1 heterocycles. The molecule has 17 heavy (non-hydrogen) atoms. The third-order valence-corrected chi connectivity index (χ3v) is 4.30. The Labute approximate surface area is 108 Å². The summed E-state index contributed by atoms with van der Waals surface area (Å²) in [5, 5.41) is 0. The first kappa shape index (κ1) is 12.8. The van der Waals surface area contributed by atoms with E-state index in [0.717, 1.165) is 11.3 Å². The molecule has 1 aromatic carbocycles. The highest BCUT2D eigenvalue weighted by atomic mass is 32.2. The Bertz CT molecular complexity index is 361. The van der Waals surface area contributed by atoms with Crippen LogP contribution in [0, 0.1) is 5.92 Å². The van der Waals surface area contributed by atoms with Gasteiger partial charge in [0.15, 0.2) is 0 Å². The first-order chi connectivity index (χ1) is 8.18. The van der Waals surface area contributed by atoms with Gasteiger partial charge >= 0.3 is 0 Å². The number of rotatable bonds is 4. The van der Waals surface area contributed by atoms with Crippen LogP contribution in [0.2, 0.25) is 0 Å². The average molecular weight is 251 g/mol. The molecule has 0 bridgehead atoms. The molecule has 1 aliphatic rings. The highest BCUT2D eigenvalue weighted by Gasteiger charge is 2.25. The van der Waals surface area contributed by atoms with E-state index in [-0.39, 0.29) is 12.1 Å². The monoisotopic (exact) mass is 251 g/mol. The maximum absolute atomic E-state index is 6.38. The summed E-state index contributed by atoms with van der Waals surface area (Å²) in [6, 6.07) is 8.30. The summed E-state index contributed by atoms with van der Waals surface area (Å²) in [7, 11) is 0. The fourth-order valence-corrected chi connectivity index (χ4v) is 3.52. The van der Waals surface area contributed by atoms with E-state index < -0.39 is 0 Å². The van der Waals surface area contributed by atoms with Crippen LogP contribution < -0.4 is 10.5 Å². The Morgan fingerprint density at radius 2 is 2.12 bits per heavy atom. The Morgan fingerprint density at radius 3 is 2.76 bits per heavy atom. The van der Waals surface area contributed by atoms with E-state index in [2.05, 4.69) is 6.07 Å². The first-order valence-corrected chi connectivity index (χ1v) is 7.43. The Balaban J connectivity index is 2.18. The number of hydrogen-bond acceptors (Lipinski definition) is 3. The van der Waals surface area contributed by atoms with Crippen molar-refractivity contribution in [3.63, 3.8) is 0 Å². The molecule has 0 saturated carbocycles. The highest BCUT2D eigenvalue weighted by molar-refractivity contribution is 7.99. The molecular formula is C14H21NOS. The second-order valence-electron chi connectivity index (χ2n) is 4.85. The van der Waals surface area contributed by atoms with Crippen molar-refractivity contribution in [3.05, 3.63) is 29.8 Å². The van der Waals surface area contributed by atoms with E-state index in [4.69, 9.17) is 10.5 Å². The molecule has 0 spiro atoms. The number of hydrogen-bond donors (Lipinski definition) is 1. The van der Waals surface area contributed by atoms with Gasteiger partial charge in [-0.15, -0.1) is 0 Å². The van der Waals surface area contributed by atoms with Crippen LogP contribution in [-0.4, -0.2) is 17.6 Å². The number of benzene rings is 1. The van der Waals surface area contributed by atoms with Gasteiger partial charge in [-0.1, -0.05) is 18.2 Å². The SMILES string of the molecule is CC(C)Oc1ccccc1C(N)C1CCSC1. The number of nitrogens with two attached hydrogens (primary N) is 1. The van der Waals surface area contributed by atoms with Crippen molar-refractivity contribution in [3.8, 4) is 5.75 Å². The summed E-state index contributed by atoms with van der Waals surface area (Å²) in [6.07, 6.45) is 1.42. The zero-order chi connectivity index (χ0) is 12.3. The zero-order valence-electron chi connectivity index (χ0n) is 10.6. The van der Waals surface area contributed by atoms with E-state index in [1.807, 2.05) is 43.8 Å². The molecule has 0 radical (unpaired) electrons. The van der Waals surface area contributed by atoms with Crippen molar-refractivity contribution in [2.24, 2.45) is 11.7 Å². The Hall–Kier alpha value is -0.670. The Morgan fingerprint density at radius 1 is 1.35 bits per heavy atom.